The lowest BCUT2D eigenvalue weighted by Crippen LogP contribution is -2.43. The van der Waals surface area contributed by atoms with Crippen molar-refractivity contribution in [1.82, 2.24) is 0 Å². The minimum Gasteiger partial charge on any atom is -0.492 e. The number of carbonyl (C=O) groups is 1. The third-order valence-corrected chi connectivity index (χ3v) is 4.74. The zero-order valence-electron chi connectivity index (χ0n) is 17.6. The van der Waals surface area contributed by atoms with Crippen LogP contribution in [0, 0.1) is 5.92 Å². The quantitative estimate of drug-likeness (QED) is 0.547. The summed E-state index contributed by atoms with van der Waals surface area (Å²) in [5, 5.41) is 3.36. The van der Waals surface area contributed by atoms with Crippen LogP contribution < -0.4 is 10.1 Å². The Kier molecular flexibility index (Phi) is 9.06. The van der Waals surface area contributed by atoms with Crippen LogP contribution in [0.1, 0.15) is 54.4 Å². The molecular weight excluding hydrogens is 366 g/mol. The summed E-state index contributed by atoms with van der Waals surface area (Å²) in [6.07, 6.45) is 1.37. The van der Waals surface area contributed by atoms with Gasteiger partial charge in [0.05, 0.1) is 17.2 Å². The van der Waals surface area contributed by atoms with Crippen molar-refractivity contribution in [2.75, 3.05) is 25.6 Å². The van der Waals surface area contributed by atoms with Crippen molar-refractivity contribution in [1.29, 1.82) is 0 Å². The normalized spacial score (nSPS) is 14.1. The van der Waals surface area contributed by atoms with E-state index >= 15 is 0 Å². The Morgan fingerprint density at radius 1 is 1.26 bits per heavy atom. The Labute approximate surface area is 168 Å². The van der Waals surface area contributed by atoms with E-state index in [4.69, 9.17) is 25.8 Å². The van der Waals surface area contributed by atoms with Crippen LogP contribution in [0.2, 0.25) is 5.02 Å². The van der Waals surface area contributed by atoms with E-state index in [-0.39, 0.29) is 11.5 Å². The van der Waals surface area contributed by atoms with E-state index in [1.165, 1.54) is 0 Å². The van der Waals surface area contributed by atoms with Crippen molar-refractivity contribution in [3.8, 4) is 5.75 Å². The lowest BCUT2D eigenvalue weighted by atomic mass is 9.93. The summed E-state index contributed by atoms with van der Waals surface area (Å²) < 4.78 is 16.9. The fourth-order valence-electron chi connectivity index (χ4n) is 2.78. The molecule has 0 aliphatic rings. The van der Waals surface area contributed by atoms with Gasteiger partial charge in [0.2, 0.25) is 0 Å². The number of methoxy groups -OCH3 is 1. The van der Waals surface area contributed by atoms with Crippen LogP contribution in [0.3, 0.4) is 0 Å². The second kappa shape index (κ2) is 10.3. The van der Waals surface area contributed by atoms with Crippen molar-refractivity contribution in [2.24, 2.45) is 5.92 Å². The second-order valence-electron chi connectivity index (χ2n) is 7.92. The molecule has 0 saturated heterocycles. The lowest BCUT2D eigenvalue weighted by molar-refractivity contribution is -0.140. The first-order chi connectivity index (χ1) is 12.5. The first kappa shape index (κ1) is 23.7. The number of hydrogen-bond acceptors (Lipinski definition) is 4. The van der Waals surface area contributed by atoms with E-state index in [1.807, 2.05) is 27.7 Å². The fraction of sp³-hybridized carbons (Fsp3) is 0.667. The maximum absolute atomic E-state index is 12.7. The molecule has 0 radical (unpaired) electrons. The van der Waals surface area contributed by atoms with Gasteiger partial charge in [-0.2, -0.15) is 0 Å². The topological polar surface area (TPSA) is 56.8 Å². The highest BCUT2D eigenvalue weighted by molar-refractivity contribution is 6.32. The largest absolute Gasteiger partial charge is 0.492 e. The molecule has 0 saturated carbocycles. The molecule has 1 unspecified atom stereocenters. The van der Waals surface area contributed by atoms with Gasteiger partial charge in [0.15, 0.2) is 0 Å². The van der Waals surface area contributed by atoms with E-state index in [0.717, 1.165) is 6.42 Å². The second-order valence-corrected chi connectivity index (χ2v) is 8.33. The first-order valence-electron chi connectivity index (χ1n) is 9.46. The third-order valence-electron chi connectivity index (χ3n) is 4.45. The number of hydrogen-bond donors (Lipinski definition) is 1. The van der Waals surface area contributed by atoms with Crippen LogP contribution in [0.15, 0.2) is 18.2 Å². The molecule has 0 aromatic heterocycles. The van der Waals surface area contributed by atoms with Gasteiger partial charge in [0.1, 0.15) is 11.4 Å². The highest BCUT2D eigenvalue weighted by atomic mass is 35.5. The number of ether oxygens (including phenoxy) is 3. The molecule has 0 aliphatic heterocycles. The number of halogens is 1. The summed E-state index contributed by atoms with van der Waals surface area (Å²) in [5.74, 6) is 0.740. The average molecular weight is 400 g/mol. The summed E-state index contributed by atoms with van der Waals surface area (Å²) in [4.78, 5) is 12.7. The van der Waals surface area contributed by atoms with Crippen molar-refractivity contribution >= 4 is 23.2 Å². The Balaban J connectivity index is 2.76. The first-order valence-corrected chi connectivity index (χ1v) is 9.83. The standard InChI is InChI=1S/C21H34ClNO4/c1-8-27-21(6,14-15(2)3)19(24)23-16-9-10-18(17(22)13-16)26-12-11-20(4,5)25-7/h9-10,13,15H,8,11-12,14H2,1-7H3,(H,23,24). The molecule has 0 bridgehead atoms. The van der Waals surface area contributed by atoms with Crippen LogP contribution in [0.4, 0.5) is 5.69 Å². The molecular formula is C21H34ClNO4. The zero-order valence-corrected chi connectivity index (χ0v) is 18.4. The summed E-state index contributed by atoms with van der Waals surface area (Å²) in [6.45, 7) is 12.8. The predicted molar refractivity (Wildman–Crippen MR) is 111 cm³/mol. The molecule has 1 aromatic rings. The number of amides is 1. The van der Waals surface area contributed by atoms with Crippen LogP contribution >= 0.6 is 11.6 Å². The molecule has 1 atom stereocenters. The number of carbonyl (C=O) groups excluding carboxylic acids is 1. The van der Waals surface area contributed by atoms with Crippen LogP contribution in [-0.2, 0) is 14.3 Å². The minimum absolute atomic E-state index is 0.176. The highest BCUT2D eigenvalue weighted by Crippen LogP contribution is 2.30. The van der Waals surface area contributed by atoms with Crippen molar-refractivity contribution in [3.63, 3.8) is 0 Å². The van der Waals surface area contributed by atoms with Crippen molar-refractivity contribution in [2.45, 2.75) is 65.6 Å². The maximum atomic E-state index is 12.7. The molecule has 0 aliphatic carbocycles. The predicted octanol–water partition coefficient (Wildman–Crippen LogP) is 5.31. The van der Waals surface area contributed by atoms with Gasteiger partial charge in [-0.15, -0.1) is 0 Å². The Morgan fingerprint density at radius 2 is 1.93 bits per heavy atom. The van der Waals surface area contributed by atoms with Crippen LogP contribution in [-0.4, -0.2) is 37.4 Å². The maximum Gasteiger partial charge on any atom is 0.256 e. The summed E-state index contributed by atoms with van der Waals surface area (Å²) in [6, 6.07) is 5.23. The van der Waals surface area contributed by atoms with E-state index in [9.17, 15) is 4.79 Å². The molecule has 1 amide bonds. The van der Waals surface area contributed by atoms with Crippen LogP contribution in [0.25, 0.3) is 0 Å². The van der Waals surface area contributed by atoms with Crippen molar-refractivity contribution in [3.05, 3.63) is 23.2 Å². The summed E-state index contributed by atoms with van der Waals surface area (Å²) >= 11 is 6.32. The van der Waals surface area contributed by atoms with Gasteiger partial charge in [-0.3, -0.25) is 4.79 Å². The summed E-state index contributed by atoms with van der Waals surface area (Å²) in [5.41, 5.74) is -0.513. The molecule has 0 heterocycles. The van der Waals surface area contributed by atoms with E-state index < -0.39 is 5.60 Å². The van der Waals surface area contributed by atoms with Crippen molar-refractivity contribution < 1.29 is 19.0 Å². The molecule has 0 fully saturated rings. The molecule has 5 nitrogen and oxygen atoms in total. The zero-order chi connectivity index (χ0) is 20.7. The minimum atomic E-state index is -0.879. The van der Waals surface area contributed by atoms with Gasteiger partial charge in [0.25, 0.3) is 5.91 Å². The Morgan fingerprint density at radius 3 is 2.44 bits per heavy atom. The molecule has 154 valence electrons. The third kappa shape index (κ3) is 7.68. The number of anilines is 1. The Hall–Kier alpha value is -1.30. The van der Waals surface area contributed by atoms with Gasteiger partial charge >= 0.3 is 0 Å². The average Bonchev–Trinajstić information content (AvgIpc) is 2.56. The van der Waals surface area contributed by atoms with E-state index in [2.05, 4.69) is 19.2 Å². The fourth-order valence-corrected chi connectivity index (χ4v) is 3.02. The molecule has 1 N–H and O–H groups in total. The molecule has 1 aromatic carbocycles. The Bertz CT molecular complexity index is 618. The van der Waals surface area contributed by atoms with Crippen LogP contribution in [0.5, 0.6) is 5.75 Å². The number of nitrogens with one attached hydrogen (secondary N) is 1. The van der Waals surface area contributed by atoms with E-state index in [1.54, 1.807) is 25.3 Å². The SMILES string of the molecule is CCOC(C)(CC(C)C)C(=O)Nc1ccc(OCCC(C)(C)OC)c(Cl)c1. The molecule has 27 heavy (non-hydrogen) atoms. The molecule has 0 spiro atoms. The van der Waals surface area contributed by atoms with Gasteiger partial charge < -0.3 is 19.5 Å². The monoisotopic (exact) mass is 399 g/mol. The number of benzene rings is 1. The lowest BCUT2D eigenvalue weighted by Gasteiger charge is -2.30. The van der Waals surface area contributed by atoms with Gasteiger partial charge in [-0.1, -0.05) is 25.4 Å². The molecule has 6 heteroatoms. The summed E-state index contributed by atoms with van der Waals surface area (Å²) in [7, 11) is 1.68. The van der Waals surface area contributed by atoms with E-state index in [0.29, 0.717) is 42.0 Å². The smallest absolute Gasteiger partial charge is 0.256 e. The van der Waals surface area contributed by atoms with Gasteiger partial charge in [0, 0.05) is 25.8 Å². The van der Waals surface area contributed by atoms with Gasteiger partial charge in [-0.05, 0) is 58.2 Å². The van der Waals surface area contributed by atoms with Gasteiger partial charge in [-0.25, -0.2) is 0 Å². The molecule has 1 rings (SSSR count). The highest BCUT2D eigenvalue weighted by Gasteiger charge is 2.34. The number of rotatable bonds is 11.